The zero-order chi connectivity index (χ0) is 13.1. The largest absolute Gasteiger partial charge is 0.494 e. The first kappa shape index (κ1) is 13.2. The van der Waals surface area contributed by atoms with Gasteiger partial charge in [0, 0.05) is 6.54 Å². The average Bonchev–Trinajstić information content (AvgIpc) is 2.39. The molecule has 0 atom stereocenters. The molecule has 2 aromatic rings. The van der Waals surface area contributed by atoms with E-state index < -0.39 is 0 Å². The van der Waals surface area contributed by atoms with E-state index in [1.807, 2.05) is 36.4 Å². The molecule has 18 heavy (non-hydrogen) atoms. The second kappa shape index (κ2) is 5.61. The lowest BCUT2D eigenvalue weighted by molar-refractivity contribution is 0.415. The summed E-state index contributed by atoms with van der Waals surface area (Å²) in [7, 11) is 1.54. The highest BCUT2D eigenvalue weighted by atomic mass is 35.5. The number of benzene rings is 2. The number of hydrogen-bond donors (Lipinski definition) is 1. The second-order valence-corrected chi connectivity index (χ2v) is 4.59. The molecule has 0 saturated heterocycles. The van der Waals surface area contributed by atoms with E-state index in [0.29, 0.717) is 22.3 Å². The molecule has 0 amide bonds. The maximum atomic E-state index is 6.28. The summed E-state index contributed by atoms with van der Waals surface area (Å²) in [6.07, 6.45) is 0. The third kappa shape index (κ3) is 2.32. The quantitative estimate of drug-likeness (QED) is 0.918. The summed E-state index contributed by atoms with van der Waals surface area (Å²) in [6, 6.07) is 11.7. The minimum absolute atomic E-state index is 0.330. The Bertz CT molecular complexity index is 555. The first-order valence-corrected chi connectivity index (χ1v) is 6.25. The van der Waals surface area contributed by atoms with Crippen molar-refractivity contribution in [3.05, 3.63) is 52.0 Å². The molecule has 94 valence electrons. The zero-order valence-corrected chi connectivity index (χ0v) is 11.4. The molecule has 0 radical (unpaired) electrons. The van der Waals surface area contributed by atoms with Crippen LogP contribution in [0.15, 0.2) is 36.4 Å². The Kier molecular flexibility index (Phi) is 4.12. The van der Waals surface area contributed by atoms with Crippen LogP contribution in [0.1, 0.15) is 5.56 Å². The lowest BCUT2D eigenvalue weighted by Crippen LogP contribution is -2.02. The molecule has 2 aromatic carbocycles. The van der Waals surface area contributed by atoms with Crippen LogP contribution in [0, 0.1) is 0 Å². The van der Waals surface area contributed by atoms with E-state index in [2.05, 4.69) is 0 Å². The van der Waals surface area contributed by atoms with Crippen LogP contribution >= 0.6 is 23.2 Å². The molecule has 2 N–H and O–H groups in total. The number of halogens is 2. The third-order valence-electron chi connectivity index (χ3n) is 2.77. The molecule has 2 rings (SSSR count). The number of hydrogen-bond acceptors (Lipinski definition) is 2. The van der Waals surface area contributed by atoms with Gasteiger partial charge in [-0.15, -0.1) is 0 Å². The van der Waals surface area contributed by atoms with Gasteiger partial charge >= 0.3 is 0 Å². The fourth-order valence-electron chi connectivity index (χ4n) is 1.90. The Labute approximate surface area is 116 Å². The van der Waals surface area contributed by atoms with Crippen molar-refractivity contribution in [2.45, 2.75) is 6.54 Å². The van der Waals surface area contributed by atoms with Gasteiger partial charge < -0.3 is 10.5 Å². The van der Waals surface area contributed by atoms with Crippen LogP contribution in [-0.4, -0.2) is 7.11 Å². The van der Waals surface area contributed by atoms with E-state index in [9.17, 15) is 0 Å². The molecule has 0 aliphatic carbocycles. The molecule has 0 fully saturated rings. The second-order valence-electron chi connectivity index (χ2n) is 3.80. The van der Waals surface area contributed by atoms with Gasteiger partial charge in [0.25, 0.3) is 0 Å². The minimum atomic E-state index is 0.330. The molecule has 0 aliphatic rings. The van der Waals surface area contributed by atoms with Crippen LogP contribution < -0.4 is 10.5 Å². The van der Waals surface area contributed by atoms with Gasteiger partial charge in [-0.05, 0) is 22.8 Å². The summed E-state index contributed by atoms with van der Waals surface area (Å²) in [6.45, 7) is 0.330. The van der Waals surface area contributed by atoms with Gasteiger partial charge in [0.15, 0.2) is 5.75 Å². The number of methoxy groups -OCH3 is 1. The molecule has 2 nitrogen and oxygen atoms in total. The summed E-state index contributed by atoms with van der Waals surface area (Å²) >= 11 is 12.4. The average molecular weight is 282 g/mol. The standard InChI is InChI=1S/C14H13Cl2NO/c1-18-14-12(15)7-10(11(8-17)13(14)16)9-5-3-2-4-6-9/h2-7H,8,17H2,1H3. The number of ether oxygens (including phenoxy) is 1. The third-order valence-corrected chi connectivity index (χ3v) is 3.45. The van der Waals surface area contributed by atoms with Crippen LogP contribution in [0.3, 0.4) is 0 Å². The van der Waals surface area contributed by atoms with Gasteiger partial charge in [-0.1, -0.05) is 53.5 Å². The van der Waals surface area contributed by atoms with E-state index >= 15 is 0 Å². The van der Waals surface area contributed by atoms with Crippen molar-refractivity contribution in [3.63, 3.8) is 0 Å². The van der Waals surface area contributed by atoms with Crippen LogP contribution in [0.25, 0.3) is 11.1 Å². The number of rotatable bonds is 3. The predicted octanol–water partition coefficient (Wildman–Crippen LogP) is 4.13. The summed E-state index contributed by atoms with van der Waals surface area (Å²) in [5, 5.41) is 0.963. The van der Waals surface area contributed by atoms with Crippen molar-refractivity contribution in [2.24, 2.45) is 5.73 Å². The van der Waals surface area contributed by atoms with Gasteiger partial charge in [-0.3, -0.25) is 0 Å². The molecule has 0 bridgehead atoms. The Hall–Kier alpha value is -1.22. The van der Waals surface area contributed by atoms with Crippen molar-refractivity contribution >= 4 is 23.2 Å². The summed E-state index contributed by atoms with van der Waals surface area (Å²) in [5.41, 5.74) is 8.59. The van der Waals surface area contributed by atoms with Gasteiger partial charge in [0.2, 0.25) is 0 Å². The lowest BCUT2D eigenvalue weighted by atomic mass is 9.99. The van der Waals surface area contributed by atoms with E-state index in [4.69, 9.17) is 33.7 Å². The topological polar surface area (TPSA) is 35.2 Å². The van der Waals surface area contributed by atoms with E-state index in [1.165, 1.54) is 7.11 Å². The lowest BCUT2D eigenvalue weighted by Gasteiger charge is -2.15. The Morgan fingerprint density at radius 2 is 1.83 bits per heavy atom. The zero-order valence-electron chi connectivity index (χ0n) is 9.91. The molecular formula is C14H13Cl2NO. The predicted molar refractivity (Wildman–Crippen MR) is 76.3 cm³/mol. The molecular weight excluding hydrogens is 269 g/mol. The highest BCUT2D eigenvalue weighted by Crippen LogP contribution is 2.41. The molecule has 0 aliphatic heterocycles. The first-order chi connectivity index (χ1) is 8.69. The fourth-order valence-corrected chi connectivity index (χ4v) is 2.59. The van der Waals surface area contributed by atoms with E-state index in [1.54, 1.807) is 0 Å². The summed E-state index contributed by atoms with van der Waals surface area (Å²) < 4.78 is 5.19. The monoisotopic (exact) mass is 281 g/mol. The maximum Gasteiger partial charge on any atom is 0.156 e. The van der Waals surface area contributed by atoms with Crippen LogP contribution in [0.4, 0.5) is 0 Å². The smallest absolute Gasteiger partial charge is 0.156 e. The van der Waals surface area contributed by atoms with Gasteiger partial charge in [0.1, 0.15) is 0 Å². The van der Waals surface area contributed by atoms with Gasteiger partial charge in [-0.2, -0.15) is 0 Å². The Balaban J connectivity index is 2.69. The van der Waals surface area contributed by atoms with Crippen LogP contribution in [0.5, 0.6) is 5.75 Å². The molecule has 0 aromatic heterocycles. The highest BCUT2D eigenvalue weighted by Gasteiger charge is 2.16. The molecule has 0 unspecified atom stereocenters. The van der Waals surface area contributed by atoms with Crippen LogP contribution in [-0.2, 0) is 6.54 Å². The van der Waals surface area contributed by atoms with E-state index in [0.717, 1.165) is 16.7 Å². The van der Waals surface area contributed by atoms with Crippen molar-refractivity contribution in [1.82, 2.24) is 0 Å². The van der Waals surface area contributed by atoms with Crippen molar-refractivity contribution in [2.75, 3.05) is 7.11 Å². The maximum absolute atomic E-state index is 6.28. The van der Waals surface area contributed by atoms with Crippen molar-refractivity contribution in [1.29, 1.82) is 0 Å². The Morgan fingerprint density at radius 1 is 1.17 bits per heavy atom. The first-order valence-electron chi connectivity index (χ1n) is 5.49. The van der Waals surface area contributed by atoms with Gasteiger partial charge in [-0.25, -0.2) is 0 Å². The molecule has 0 heterocycles. The molecule has 4 heteroatoms. The summed E-state index contributed by atoms with van der Waals surface area (Å²) in [5.74, 6) is 0.471. The van der Waals surface area contributed by atoms with E-state index in [-0.39, 0.29) is 0 Å². The minimum Gasteiger partial charge on any atom is -0.494 e. The SMILES string of the molecule is COc1c(Cl)cc(-c2ccccc2)c(CN)c1Cl. The number of nitrogens with two attached hydrogens (primary N) is 1. The Morgan fingerprint density at radius 3 is 2.39 bits per heavy atom. The normalized spacial score (nSPS) is 10.4. The highest BCUT2D eigenvalue weighted by molar-refractivity contribution is 6.38. The van der Waals surface area contributed by atoms with Crippen molar-refractivity contribution in [3.8, 4) is 16.9 Å². The van der Waals surface area contributed by atoms with Gasteiger partial charge in [0.05, 0.1) is 17.2 Å². The molecule has 0 saturated carbocycles. The summed E-state index contributed by atoms with van der Waals surface area (Å²) in [4.78, 5) is 0. The van der Waals surface area contributed by atoms with Crippen LogP contribution in [0.2, 0.25) is 10.0 Å². The molecule has 0 spiro atoms. The van der Waals surface area contributed by atoms with Crippen molar-refractivity contribution < 1.29 is 4.74 Å². The fraction of sp³-hybridized carbons (Fsp3) is 0.143.